The first-order chi connectivity index (χ1) is 7.96. The summed E-state index contributed by atoms with van der Waals surface area (Å²) < 4.78 is 36.1. The van der Waals surface area contributed by atoms with Crippen molar-refractivity contribution in [2.45, 2.75) is 13.5 Å². The summed E-state index contributed by atoms with van der Waals surface area (Å²) in [5.74, 6) is 0.152. The van der Waals surface area contributed by atoms with Crippen LogP contribution in [0.2, 0.25) is 0 Å². The van der Waals surface area contributed by atoms with Gasteiger partial charge in [0.25, 0.3) is 0 Å². The van der Waals surface area contributed by atoms with Crippen molar-refractivity contribution in [3.63, 3.8) is 0 Å². The molecule has 1 aromatic rings. The first kappa shape index (κ1) is 12.5. The molecule has 0 unspecified atom stereocenters. The summed E-state index contributed by atoms with van der Waals surface area (Å²) in [6.45, 7) is 3.33. The third-order valence-corrected chi connectivity index (χ3v) is 4.65. The van der Waals surface area contributed by atoms with E-state index in [0.717, 1.165) is 5.56 Å². The second kappa shape index (κ2) is 4.74. The summed E-state index contributed by atoms with van der Waals surface area (Å²) in [6, 6.07) is 5.16. The van der Waals surface area contributed by atoms with Crippen LogP contribution in [-0.4, -0.2) is 37.9 Å². The molecule has 17 heavy (non-hydrogen) atoms. The maximum Gasteiger partial charge on any atom is 0.152 e. The number of sulfone groups is 1. The van der Waals surface area contributed by atoms with Crippen LogP contribution in [0.25, 0.3) is 0 Å². The van der Waals surface area contributed by atoms with Crippen LogP contribution in [0, 0.1) is 12.7 Å². The van der Waals surface area contributed by atoms with E-state index in [1.165, 1.54) is 6.07 Å². The van der Waals surface area contributed by atoms with Crippen LogP contribution in [-0.2, 0) is 16.4 Å². The first-order valence-electron chi connectivity index (χ1n) is 5.64. The Morgan fingerprint density at radius 2 is 1.94 bits per heavy atom. The molecule has 0 N–H and O–H groups in total. The molecule has 1 heterocycles. The number of nitrogens with zero attached hydrogens (tertiary/aromatic N) is 1. The predicted molar refractivity (Wildman–Crippen MR) is 65.1 cm³/mol. The van der Waals surface area contributed by atoms with E-state index in [0.29, 0.717) is 25.2 Å². The lowest BCUT2D eigenvalue weighted by atomic mass is 10.1. The monoisotopic (exact) mass is 257 g/mol. The summed E-state index contributed by atoms with van der Waals surface area (Å²) in [5.41, 5.74) is 1.53. The minimum Gasteiger partial charge on any atom is -0.297 e. The first-order valence-corrected chi connectivity index (χ1v) is 7.46. The summed E-state index contributed by atoms with van der Waals surface area (Å²) >= 11 is 0. The van der Waals surface area contributed by atoms with E-state index in [1.807, 2.05) is 17.9 Å². The van der Waals surface area contributed by atoms with Gasteiger partial charge >= 0.3 is 0 Å². The molecule has 2 rings (SSSR count). The Balaban J connectivity index is 2.02. The number of rotatable bonds is 2. The molecular formula is C12H16FNO2S. The maximum atomic E-state index is 13.6. The molecule has 0 atom stereocenters. The van der Waals surface area contributed by atoms with Crippen LogP contribution in [0.4, 0.5) is 4.39 Å². The number of hydrogen-bond donors (Lipinski definition) is 0. The molecule has 3 nitrogen and oxygen atoms in total. The molecule has 94 valence electrons. The zero-order chi connectivity index (χ0) is 12.5. The molecule has 0 spiro atoms. The summed E-state index contributed by atoms with van der Waals surface area (Å²) in [4.78, 5) is 1.98. The Kier molecular flexibility index (Phi) is 3.49. The maximum absolute atomic E-state index is 13.6. The van der Waals surface area contributed by atoms with Crippen LogP contribution in [0.5, 0.6) is 0 Å². The third-order valence-electron chi connectivity index (χ3n) is 3.04. The SMILES string of the molecule is Cc1ccc(CN2CCS(=O)(=O)CC2)c(F)c1. The molecule has 1 aliphatic rings. The smallest absolute Gasteiger partial charge is 0.152 e. The molecule has 1 fully saturated rings. The lowest BCUT2D eigenvalue weighted by Gasteiger charge is -2.26. The third kappa shape index (κ3) is 3.26. The molecule has 5 heteroatoms. The van der Waals surface area contributed by atoms with Gasteiger partial charge in [-0.25, -0.2) is 12.8 Å². The zero-order valence-corrected chi connectivity index (χ0v) is 10.6. The summed E-state index contributed by atoms with van der Waals surface area (Å²) in [7, 11) is -2.86. The van der Waals surface area contributed by atoms with E-state index in [1.54, 1.807) is 6.07 Å². The molecule has 1 aliphatic heterocycles. The lowest BCUT2D eigenvalue weighted by Crippen LogP contribution is -2.39. The fourth-order valence-corrected chi connectivity index (χ4v) is 3.21. The van der Waals surface area contributed by atoms with Crippen molar-refractivity contribution in [2.24, 2.45) is 0 Å². The Hall–Kier alpha value is -0.940. The molecule has 0 aliphatic carbocycles. The van der Waals surface area contributed by atoms with Crippen molar-refractivity contribution in [1.82, 2.24) is 4.90 Å². The largest absolute Gasteiger partial charge is 0.297 e. The second-order valence-electron chi connectivity index (χ2n) is 4.52. The Morgan fingerprint density at radius 1 is 1.29 bits per heavy atom. The number of hydrogen-bond acceptors (Lipinski definition) is 3. The summed E-state index contributed by atoms with van der Waals surface area (Å²) in [5, 5.41) is 0. The number of aryl methyl sites for hydroxylation is 1. The highest BCUT2D eigenvalue weighted by Gasteiger charge is 2.22. The second-order valence-corrected chi connectivity index (χ2v) is 6.83. The minimum absolute atomic E-state index is 0.181. The van der Waals surface area contributed by atoms with Crippen molar-refractivity contribution >= 4 is 9.84 Å². The van der Waals surface area contributed by atoms with Crippen molar-refractivity contribution in [3.8, 4) is 0 Å². The predicted octanol–water partition coefficient (Wildman–Crippen LogP) is 1.36. The topological polar surface area (TPSA) is 37.4 Å². The fraction of sp³-hybridized carbons (Fsp3) is 0.500. The Bertz CT molecular complexity index is 499. The van der Waals surface area contributed by atoms with Crippen molar-refractivity contribution in [3.05, 3.63) is 35.1 Å². The van der Waals surface area contributed by atoms with Crippen LogP contribution < -0.4 is 0 Å². The van der Waals surface area contributed by atoms with Crippen LogP contribution >= 0.6 is 0 Å². The molecule has 0 amide bonds. The normalized spacial score (nSPS) is 20.4. The highest BCUT2D eigenvalue weighted by molar-refractivity contribution is 7.91. The number of halogens is 1. The number of benzene rings is 1. The standard InChI is InChI=1S/C12H16FNO2S/c1-10-2-3-11(12(13)8-10)9-14-4-6-17(15,16)7-5-14/h2-3,8H,4-7,9H2,1H3. The van der Waals surface area contributed by atoms with Gasteiger partial charge in [0.05, 0.1) is 11.5 Å². The zero-order valence-electron chi connectivity index (χ0n) is 9.82. The van der Waals surface area contributed by atoms with Gasteiger partial charge in [0.2, 0.25) is 0 Å². The lowest BCUT2D eigenvalue weighted by molar-refractivity contribution is 0.283. The quantitative estimate of drug-likeness (QED) is 0.803. The molecule has 0 aromatic heterocycles. The van der Waals surface area contributed by atoms with Gasteiger partial charge in [-0.15, -0.1) is 0 Å². The molecular weight excluding hydrogens is 241 g/mol. The van der Waals surface area contributed by atoms with Crippen molar-refractivity contribution in [1.29, 1.82) is 0 Å². The van der Waals surface area contributed by atoms with Gasteiger partial charge in [-0.2, -0.15) is 0 Å². The van der Waals surface area contributed by atoms with Gasteiger partial charge in [-0.3, -0.25) is 4.90 Å². The van der Waals surface area contributed by atoms with Crippen LogP contribution in [0.15, 0.2) is 18.2 Å². The molecule has 0 saturated carbocycles. The highest BCUT2D eigenvalue weighted by Crippen LogP contribution is 2.14. The van der Waals surface area contributed by atoms with Crippen LogP contribution in [0.1, 0.15) is 11.1 Å². The van der Waals surface area contributed by atoms with Crippen LogP contribution in [0.3, 0.4) is 0 Å². The van der Waals surface area contributed by atoms with E-state index in [2.05, 4.69) is 0 Å². The van der Waals surface area contributed by atoms with Gasteiger partial charge in [-0.05, 0) is 18.6 Å². The summed E-state index contributed by atoms with van der Waals surface area (Å²) in [6.07, 6.45) is 0. The van der Waals surface area contributed by atoms with E-state index < -0.39 is 9.84 Å². The van der Waals surface area contributed by atoms with Gasteiger partial charge in [-0.1, -0.05) is 12.1 Å². The van der Waals surface area contributed by atoms with Crippen molar-refractivity contribution < 1.29 is 12.8 Å². The highest BCUT2D eigenvalue weighted by atomic mass is 32.2. The fourth-order valence-electron chi connectivity index (χ4n) is 1.93. The average molecular weight is 257 g/mol. The van der Waals surface area contributed by atoms with Gasteiger partial charge in [0, 0.05) is 25.2 Å². The molecule has 0 radical (unpaired) electrons. The molecule has 0 bridgehead atoms. The van der Waals surface area contributed by atoms with E-state index >= 15 is 0 Å². The average Bonchev–Trinajstić information content (AvgIpc) is 2.25. The van der Waals surface area contributed by atoms with Gasteiger partial charge in [0.1, 0.15) is 5.82 Å². The van der Waals surface area contributed by atoms with E-state index in [9.17, 15) is 12.8 Å². The van der Waals surface area contributed by atoms with E-state index in [4.69, 9.17) is 0 Å². The Morgan fingerprint density at radius 3 is 2.53 bits per heavy atom. The minimum atomic E-state index is -2.86. The van der Waals surface area contributed by atoms with Gasteiger partial charge < -0.3 is 0 Å². The Labute approximate surface area is 101 Å². The van der Waals surface area contributed by atoms with E-state index in [-0.39, 0.29) is 17.3 Å². The molecule has 1 saturated heterocycles. The van der Waals surface area contributed by atoms with Gasteiger partial charge in [0.15, 0.2) is 9.84 Å². The van der Waals surface area contributed by atoms with Crippen molar-refractivity contribution in [2.75, 3.05) is 24.6 Å². The molecule has 1 aromatic carbocycles.